The summed E-state index contributed by atoms with van der Waals surface area (Å²) in [6.07, 6.45) is 71.9. The highest BCUT2D eigenvalue weighted by Gasteiger charge is 2.19. The predicted molar refractivity (Wildman–Crippen MR) is 279 cm³/mol. The van der Waals surface area contributed by atoms with Crippen LogP contribution in [0.15, 0.2) is 122 Å². The summed E-state index contributed by atoms with van der Waals surface area (Å²) in [7, 11) is 0. The molecule has 1 atom stereocenters. The summed E-state index contributed by atoms with van der Waals surface area (Å²) in [6, 6.07) is 0. The van der Waals surface area contributed by atoms with Crippen LogP contribution in [-0.2, 0) is 28.6 Å². The van der Waals surface area contributed by atoms with Crippen LogP contribution in [0.3, 0.4) is 0 Å². The van der Waals surface area contributed by atoms with Crippen molar-refractivity contribution in [2.75, 3.05) is 13.2 Å². The second-order valence-electron chi connectivity index (χ2n) is 16.8. The van der Waals surface area contributed by atoms with Gasteiger partial charge in [-0.1, -0.05) is 219 Å². The van der Waals surface area contributed by atoms with E-state index in [-0.39, 0.29) is 37.5 Å². The number of carbonyl (C=O) groups excluding carboxylic acids is 3. The molecule has 0 spiro atoms. The van der Waals surface area contributed by atoms with E-state index in [9.17, 15) is 14.4 Å². The van der Waals surface area contributed by atoms with Crippen molar-refractivity contribution >= 4 is 17.9 Å². The molecule has 0 aromatic heterocycles. The van der Waals surface area contributed by atoms with Crippen molar-refractivity contribution in [2.24, 2.45) is 0 Å². The molecule has 0 aliphatic heterocycles. The Balaban J connectivity index is 4.50. The van der Waals surface area contributed by atoms with Crippen LogP contribution in [0.1, 0.15) is 213 Å². The summed E-state index contributed by atoms with van der Waals surface area (Å²) >= 11 is 0. The predicted octanol–water partition coefficient (Wildman–Crippen LogP) is 17.3. The van der Waals surface area contributed by atoms with E-state index in [2.05, 4.69) is 87.6 Å². The maximum atomic E-state index is 12.8. The zero-order valence-corrected chi connectivity index (χ0v) is 41.7. The molecule has 0 aromatic carbocycles. The van der Waals surface area contributed by atoms with E-state index < -0.39 is 6.10 Å². The number of rotatable bonds is 45. The third-order valence-electron chi connectivity index (χ3n) is 10.6. The summed E-state index contributed by atoms with van der Waals surface area (Å²) < 4.78 is 16.7. The summed E-state index contributed by atoms with van der Waals surface area (Å²) in [5.74, 6) is -1.01. The molecular formula is C59H94O6. The zero-order valence-electron chi connectivity index (χ0n) is 41.7. The number of hydrogen-bond acceptors (Lipinski definition) is 6. The van der Waals surface area contributed by atoms with Gasteiger partial charge in [0, 0.05) is 19.3 Å². The molecule has 0 amide bonds. The number of unbranched alkanes of at least 4 members (excludes halogenated alkanes) is 18. The van der Waals surface area contributed by atoms with Crippen LogP contribution in [0.4, 0.5) is 0 Å². The van der Waals surface area contributed by atoms with Gasteiger partial charge in [0.25, 0.3) is 0 Å². The van der Waals surface area contributed by atoms with E-state index in [1.54, 1.807) is 0 Å². The number of esters is 3. The summed E-state index contributed by atoms with van der Waals surface area (Å²) in [5.41, 5.74) is 0. The van der Waals surface area contributed by atoms with Crippen molar-refractivity contribution in [1.29, 1.82) is 0 Å². The first-order valence-electron chi connectivity index (χ1n) is 26.1. The first kappa shape index (κ1) is 60.8. The van der Waals surface area contributed by atoms with Crippen molar-refractivity contribution in [3.05, 3.63) is 122 Å². The maximum absolute atomic E-state index is 12.8. The first-order valence-corrected chi connectivity index (χ1v) is 26.1. The minimum Gasteiger partial charge on any atom is -0.462 e. The molecule has 0 aromatic rings. The van der Waals surface area contributed by atoms with Crippen LogP contribution in [0.25, 0.3) is 0 Å². The zero-order chi connectivity index (χ0) is 47.2. The van der Waals surface area contributed by atoms with Crippen LogP contribution in [0.5, 0.6) is 0 Å². The minimum absolute atomic E-state index is 0.113. The highest BCUT2D eigenvalue weighted by atomic mass is 16.6. The Hall–Kier alpha value is -4.19. The van der Waals surface area contributed by atoms with Gasteiger partial charge >= 0.3 is 17.9 Å². The fraction of sp³-hybridized carbons (Fsp3) is 0.610. The van der Waals surface area contributed by atoms with E-state index in [0.717, 1.165) is 89.9 Å². The Morgan fingerprint density at radius 2 is 0.692 bits per heavy atom. The topological polar surface area (TPSA) is 78.9 Å². The standard InChI is InChI=1S/C59H94O6/c1-4-7-10-13-16-19-22-25-27-28-29-30-32-34-37-40-43-46-49-52-58(61)64-55-56(54-63-57(60)51-48-45-42-39-36-33-24-21-18-15-12-9-6-3)65-59(62)53-50-47-44-41-38-35-31-26-23-20-17-14-11-8-5-2/h7,9-10,12,15-16,18-21,23-25,27,29-30,33,36,39,42,56H,4-6,8,11,13-14,17,22,26,28,31-32,34-35,37-38,40-41,43-55H2,1-3H3/b10-7-,12-9-,18-15-,19-16-,23-20-,24-21-,27-25-,30-29-,36-33-,42-39-. The molecule has 1 unspecified atom stereocenters. The first-order chi connectivity index (χ1) is 32.0. The molecule has 0 heterocycles. The molecule has 0 radical (unpaired) electrons. The molecular weight excluding hydrogens is 805 g/mol. The van der Waals surface area contributed by atoms with Gasteiger partial charge in [-0.25, -0.2) is 0 Å². The van der Waals surface area contributed by atoms with Gasteiger partial charge in [-0.3, -0.25) is 14.4 Å². The number of carbonyl (C=O) groups is 3. The molecule has 0 rings (SSSR count). The highest BCUT2D eigenvalue weighted by Crippen LogP contribution is 2.13. The Kier molecular flexibility index (Phi) is 49.1. The molecule has 366 valence electrons. The molecule has 6 heteroatoms. The van der Waals surface area contributed by atoms with Gasteiger partial charge in [0.1, 0.15) is 13.2 Å². The number of ether oxygens (including phenoxy) is 3. The maximum Gasteiger partial charge on any atom is 0.306 e. The Morgan fingerprint density at radius 3 is 1.18 bits per heavy atom. The van der Waals surface area contributed by atoms with E-state index in [4.69, 9.17) is 14.2 Å². The summed E-state index contributed by atoms with van der Waals surface area (Å²) in [4.78, 5) is 38.0. The van der Waals surface area contributed by atoms with Gasteiger partial charge in [-0.2, -0.15) is 0 Å². The average Bonchev–Trinajstić information content (AvgIpc) is 3.30. The fourth-order valence-electron chi connectivity index (χ4n) is 6.69. The Morgan fingerprint density at radius 1 is 0.338 bits per heavy atom. The van der Waals surface area contributed by atoms with Gasteiger partial charge in [0.05, 0.1) is 0 Å². The second kappa shape index (κ2) is 52.4. The van der Waals surface area contributed by atoms with E-state index in [1.807, 2.05) is 54.7 Å². The largest absolute Gasteiger partial charge is 0.462 e. The summed E-state index contributed by atoms with van der Waals surface area (Å²) in [5, 5.41) is 0. The lowest BCUT2D eigenvalue weighted by atomic mass is 10.1. The second-order valence-corrected chi connectivity index (χ2v) is 16.8. The van der Waals surface area contributed by atoms with E-state index >= 15 is 0 Å². The van der Waals surface area contributed by atoms with Gasteiger partial charge in [-0.05, 0) is 96.3 Å². The lowest BCUT2D eigenvalue weighted by Gasteiger charge is -2.18. The fourth-order valence-corrected chi connectivity index (χ4v) is 6.69. The van der Waals surface area contributed by atoms with Crippen LogP contribution < -0.4 is 0 Å². The molecule has 6 nitrogen and oxygen atoms in total. The average molecular weight is 899 g/mol. The molecule has 0 bridgehead atoms. The van der Waals surface area contributed by atoms with Crippen LogP contribution in [-0.4, -0.2) is 37.2 Å². The SMILES string of the molecule is CC\C=C/C=C\C=C/C=C\C=C/CCCC(=O)OCC(COC(=O)CCCCCCCC/C=C\C/C=C\C/C=C\C/C=C\CC)OC(=O)CCCCCCCCC/C=C\CCCCCC. The third kappa shape index (κ3) is 50.7. The van der Waals surface area contributed by atoms with Crippen molar-refractivity contribution in [1.82, 2.24) is 0 Å². The molecule has 0 N–H and O–H groups in total. The van der Waals surface area contributed by atoms with Crippen LogP contribution in [0, 0.1) is 0 Å². The van der Waals surface area contributed by atoms with Crippen LogP contribution in [0.2, 0.25) is 0 Å². The molecule has 0 aliphatic carbocycles. The minimum atomic E-state index is -0.818. The molecule has 65 heavy (non-hydrogen) atoms. The van der Waals surface area contributed by atoms with Crippen molar-refractivity contribution in [3.8, 4) is 0 Å². The molecule has 0 fully saturated rings. The molecule has 0 saturated heterocycles. The van der Waals surface area contributed by atoms with E-state index in [1.165, 1.54) is 77.0 Å². The lowest BCUT2D eigenvalue weighted by molar-refractivity contribution is -0.167. The van der Waals surface area contributed by atoms with Crippen molar-refractivity contribution in [3.63, 3.8) is 0 Å². The normalized spacial score (nSPS) is 13.1. The van der Waals surface area contributed by atoms with Gasteiger partial charge < -0.3 is 14.2 Å². The van der Waals surface area contributed by atoms with Gasteiger partial charge in [0.2, 0.25) is 0 Å². The number of hydrogen-bond donors (Lipinski definition) is 0. The van der Waals surface area contributed by atoms with Crippen molar-refractivity contribution in [2.45, 2.75) is 219 Å². The highest BCUT2D eigenvalue weighted by molar-refractivity contribution is 5.71. The lowest BCUT2D eigenvalue weighted by Crippen LogP contribution is -2.30. The third-order valence-corrected chi connectivity index (χ3v) is 10.6. The van der Waals surface area contributed by atoms with Gasteiger partial charge in [-0.15, -0.1) is 0 Å². The molecule has 0 aliphatic rings. The number of allylic oxidation sites excluding steroid dienone is 20. The van der Waals surface area contributed by atoms with Crippen molar-refractivity contribution < 1.29 is 28.6 Å². The molecule has 0 saturated carbocycles. The Labute approximate surface area is 399 Å². The smallest absolute Gasteiger partial charge is 0.306 e. The van der Waals surface area contributed by atoms with Gasteiger partial charge in [0.15, 0.2) is 6.10 Å². The monoisotopic (exact) mass is 899 g/mol. The Bertz CT molecular complexity index is 1400. The van der Waals surface area contributed by atoms with E-state index in [0.29, 0.717) is 19.3 Å². The quantitative estimate of drug-likeness (QED) is 0.0199. The summed E-state index contributed by atoms with van der Waals surface area (Å²) in [6.45, 7) is 6.27. The van der Waals surface area contributed by atoms with Crippen LogP contribution >= 0.6 is 0 Å².